The summed E-state index contributed by atoms with van der Waals surface area (Å²) in [6, 6.07) is 10.0. The molecular weight excluding hydrogens is 487 g/mol. The molecule has 2 N–H and O–H groups in total. The number of nitrogens with zero attached hydrogens (tertiary/aromatic N) is 2. The molecule has 3 rings (SSSR count). The number of halogens is 2. The van der Waals surface area contributed by atoms with Gasteiger partial charge in [0.05, 0.1) is 22.8 Å². The van der Waals surface area contributed by atoms with Crippen molar-refractivity contribution in [2.75, 3.05) is 16.6 Å². The highest BCUT2D eigenvalue weighted by molar-refractivity contribution is 7.94. The predicted octanol–water partition coefficient (Wildman–Crippen LogP) is 4.07. The van der Waals surface area contributed by atoms with E-state index in [9.17, 15) is 18.0 Å². The smallest absolute Gasteiger partial charge is 0.338 e. The van der Waals surface area contributed by atoms with Gasteiger partial charge in [-0.25, -0.2) is 4.79 Å². The third-order valence-corrected chi connectivity index (χ3v) is 6.82. The van der Waals surface area contributed by atoms with E-state index in [2.05, 4.69) is 20.2 Å². The van der Waals surface area contributed by atoms with E-state index in [4.69, 9.17) is 27.9 Å². The fourth-order valence-corrected chi connectivity index (χ4v) is 4.74. The average Bonchev–Trinajstić information content (AvgIpc) is 3.18. The highest BCUT2D eigenvalue weighted by atomic mass is 35.5. The SMILES string of the molecule is CCOC(=O)c1ccc(NS(=O)(=O)c2nnc(NC(=O)c3ccc(Cl)cc3Cl)s2)cc1. The summed E-state index contributed by atoms with van der Waals surface area (Å²) < 4.78 is 31.9. The van der Waals surface area contributed by atoms with Gasteiger partial charge >= 0.3 is 5.97 Å². The van der Waals surface area contributed by atoms with Crippen LogP contribution in [-0.2, 0) is 14.8 Å². The molecule has 9 nitrogen and oxygen atoms in total. The fourth-order valence-electron chi connectivity index (χ4n) is 2.29. The van der Waals surface area contributed by atoms with Crippen LogP contribution in [0.3, 0.4) is 0 Å². The monoisotopic (exact) mass is 500 g/mol. The minimum Gasteiger partial charge on any atom is -0.462 e. The molecule has 3 aromatic rings. The van der Waals surface area contributed by atoms with Crippen LogP contribution in [0.5, 0.6) is 0 Å². The van der Waals surface area contributed by atoms with Crippen LogP contribution in [0, 0.1) is 0 Å². The van der Waals surface area contributed by atoms with Gasteiger partial charge in [-0.1, -0.05) is 34.5 Å². The van der Waals surface area contributed by atoms with Crippen LogP contribution in [0.15, 0.2) is 46.8 Å². The van der Waals surface area contributed by atoms with Gasteiger partial charge in [-0.15, -0.1) is 10.2 Å². The molecule has 0 atom stereocenters. The Labute approximate surface area is 191 Å². The lowest BCUT2D eigenvalue weighted by Crippen LogP contribution is -2.13. The Morgan fingerprint density at radius 2 is 1.81 bits per heavy atom. The van der Waals surface area contributed by atoms with Gasteiger partial charge in [-0.3, -0.25) is 14.8 Å². The molecule has 13 heteroatoms. The summed E-state index contributed by atoms with van der Waals surface area (Å²) in [5.74, 6) is -1.11. The quantitative estimate of drug-likeness (QED) is 0.369. The number of ether oxygens (including phenoxy) is 1. The van der Waals surface area contributed by atoms with Crippen molar-refractivity contribution in [3.05, 3.63) is 63.6 Å². The number of amides is 1. The van der Waals surface area contributed by atoms with Crippen LogP contribution >= 0.6 is 34.5 Å². The summed E-state index contributed by atoms with van der Waals surface area (Å²) in [6.45, 7) is 1.91. The molecule has 0 saturated carbocycles. The van der Waals surface area contributed by atoms with Gasteiger partial charge in [0.25, 0.3) is 20.3 Å². The standard InChI is InChI=1S/C18H14Cl2N4O5S2/c1-2-29-16(26)10-3-6-12(7-4-10)24-31(27,28)18-23-22-17(30-18)21-15(25)13-8-5-11(19)9-14(13)20/h3-9,24H,2H2,1H3,(H,21,22,25). The van der Waals surface area contributed by atoms with Crippen molar-refractivity contribution >= 4 is 67.3 Å². The van der Waals surface area contributed by atoms with Crippen molar-refractivity contribution in [2.24, 2.45) is 0 Å². The van der Waals surface area contributed by atoms with Gasteiger partial charge in [-0.2, -0.15) is 8.42 Å². The minimum absolute atomic E-state index is 0.0333. The number of sulfonamides is 1. The Balaban J connectivity index is 1.70. The number of nitrogens with one attached hydrogen (secondary N) is 2. The fraction of sp³-hybridized carbons (Fsp3) is 0.111. The van der Waals surface area contributed by atoms with E-state index in [-0.39, 0.29) is 37.9 Å². The molecule has 0 aliphatic rings. The molecule has 0 radical (unpaired) electrons. The van der Waals surface area contributed by atoms with E-state index in [1.165, 1.54) is 42.5 Å². The molecule has 1 amide bonds. The van der Waals surface area contributed by atoms with E-state index in [0.29, 0.717) is 16.4 Å². The largest absolute Gasteiger partial charge is 0.462 e. The maximum atomic E-state index is 12.5. The zero-order chi connectivity index (χ0) is 22.6. The molecule has 0 saturated heterocycles. The minimum atomic E-state index is -4.07. The lowest BCUT2D eigenvalue weighted by molar-refractivity contribution is 0.0526. The number of esters is 1. The zero-order valence-electron chi connectivity index (χ0n) is 15.8. The number of carbonyl (C=O) groups excluding carboxylic acids is 2. The first-order valence-electron chi connectivity index (χ1n) is 8.59. The second kappa shape index (κ2) is 9.60. The summed E-state index contributed by atoms with van der Waals surface area (Å²) in [5, 5.41) is 10.2. The van der Waals surface area contributed by atoms with Crippen LogP contribution in [0.1, 0.15) is 27.6 Å². The number of carbonyl (C=O) groups is 2. The van der Waals surface area contributed by atoms with Gasteiger partial charge in [0, 0.05) is 10.7 Å². The first-order valence-corrected chi connectivity index (χ1v) is 11.6. The molecule has 0 aliphatic carbocycles. The summed E-state index contributed by atoms with van der Waals surface area (Å²) >= 11 is 12.5. The molecule has 0 fully saturated rings. The number of hydrogen-bond acceptors (Lipinski definition) is 8. The lowest BCUT2D eigenvalue weighted by atomic mass is 10.2. The van der Waals surface area contributed by atoms with Crippen molar-refractivity contribution in [1.82, 2.24) is 10.2 Å². The van der Waals surface area contributed by atoms with Crippen LogP contribution in [0.2, 0.25) is 10.0 Å². The summed E-state index contributed by atoms with van der Waals surface area (Å²) in [5.41, 5.74) is 0.638. The number of rotatable bonds is 7. The van der Waals surface area contributed by atoms with Gasteiger partial charge in [0.15, 0.2) is 0 Å². The molecule has 1 aromatic heterocycles. The van der Waals surface area contributed by atoms with Crippen molar-refractivity contribution < 1.29 is 22.7 Å². The van der Waals surface area contributed by atoms with Crippen molar-refractivity contribution in [3.63, 3.8) is 0 Å². The summed E-state index contributed by atoms with van der Waals surface area (Å²) in [7, 11) is -4.07. The molecule has 162 valence electrons. The maximum Gasteiger partial charge on any atom is 0.338 e. The normalized spacial score (nSPS) is 11.1. The maximum absolute atomic E-state index is 12.5. The molecule has 0 spiro atoms. The third kappa shape index (κ3) is 5.70. The zero-order valence-corrected chi connectivity index (χ0v) is 18.9. The van der Waals surface area contributed by atoms with Gasteiger partial charge in [0.1, 0.15) is 0 Å². The molecular formula is C18H14Cl2N4O5S2. The first-order chi connectivity index (χ1) is 14.7. The second-order valence-corrected chi connectivity index (χ2v) is 9.53. The van der Waals surface area contributed by atoms with Gasteiger partial charge in [0.2, 0.25) is 5.13 Å². The lowest BCUT2D eigenvalue weighted by Gasteiger charge is -2.06. The first kappa shape index (κ1) is 22.9. The predicted molar refractivity (Wildman–Crippen MR) is 118 cm³/mol. The second-order valence-electron chi connectivity index (χ2n) is 5.85. The molecule has 2 aromatic carbocycles. The highest BCUT2D eigenvalue weighted by Gasteiger charge is 2.22. The molecule has 31 heavy (non-hydrogen) atoms. The Kier molecular flexibility index (Phi) is 7.11. The van der Waals surface area contributed by atoms with Gasteiger partial charge in [-0.05, 0) is 49.4 Å². The Morgan fingerprint density at radius 1 is 1.10 bits per heavy atom. The Bertz CT molecular complexity index is 1230. The number of anilines is 2. The third-order valence-electron chi connectivity index (χ3n) is 3.68. The van der Waals surface area contributed by atoms with Crippen molar-refractivity contribution in [3.8, 4) is 0 Å². The summed E-state index contributed by atoms with van der Waals surface area (Å²) in [6.07, 6.45) is 0. The van der Waals surface area contributed by atoms with E-state index in [1.807, 2.05) is 0 Å². The van der Waals surface area contributed by atoms with Gasteiger partial charge < -0.3 is 4.74 Å². The number of aromatic nitrogens is 2. The van der Waals surface area contributed by atoms with Crippen LogP contribution < -0.4 is 10.0 Å². The topological polar surface area (TPSA) is 127 Å². The molecule has 1 heterocycles. The Morgan fingerprint density at radius 3 is 2.45 bits per heavy atom. The summed E-state index contributed by atoms with van der Waals surface area (Å²) in [4.78, 5) is 24.0. The Hall–Kier alpha value is -2.73. The highest BCUT2D eigenvalue weighted by Crippen LogP contribution is 2.25. The van der Waals surface area contributed by atoms with E-state index < -0.39 is 21.9 Å². The van der Waals surface area contributed by atoms with Crippen LogP contribution in [-0.4, -0.2) is 37.1 Å². The van der Waals surface area contributed by atoms with E-state index in [1.54, 1.807) is 6.92 Å². The molecule has 0 bridgehead atoms. The average molecular weight is 501 g/mol. The van der Waals surface area contributed by atoms with Crippen LogP contribution in [0.4, 0.5) is 10.8 Å². The van der Waals surface area contributed by atoms with Crippen molar-refractivity contribution in [1.29, 1.82) is 0 Å². The number of hydrogen-bond donors (Lipinski definition) is 2. The van der Waals surface area contributed by atoms with Crippen LogP contribution in [0.25, 0.3) is 0 Å². The van der Waals surface area contributed by atoms with E-state index >= 15 is 0 Å². The number of benzene rings is 2. The van der Waals surface area contributed by atoms with Crippen molar-refractivity contribution in [2.45, 2.75) is 11.3 Å². The van der Waals surface area contributed by atoms with E-state index in [0.717, 1.165) is 0 Å². The molecule has 0 aliphatic heterocycles. The molecule has 0 unspecified atom stereocenters.